The van der Waals surface area contributed by atoms with Crippen molar-refractivity contribution >= 4 is 11.9 Å². The third-order valence-corrected chi connectivity index (χ3v) is 2.90. The van der Waals surface area contributed by atoms with E-state index >= 15 is 0 Å². The van der Waals surface area contributed by atoms with E-state index in [1.54, 1.807) is 32.0 Å². The van der Waals surface area contributed by atoms with Crippen LogP contribution >= 0.6 is 0 Å². The number of nitrogens with one attached hydrogen (secondary N) is 1. The Morgan fingerprint density at radius 3 is 2.76 bits per heavy atom. The van der Waals surface area contributed by atoms with Crippen molar-refractivity contribution < 1.29 is 14.7 Å². The van der Waals surface area contributed by atoms with Gasteiger partial charge in [0.05, 0.1) is 5.69 Å². The molecule has 0 radical (unpaired) electrons. The number of carboxylic acids is 1. The molecule has 2 N–H and O–H groups in total. The lowest BCUT2D eigenvalue weighted by Gasteiger charge is -2.14. The maximum Gasteiger partial charge on any atom is 0.358 e. The van der Waals surface area contributed by atoms with Crippen LogP contribution in [-0.2, 0) is 4.79 Å². The fourth-order valence-electron chi connectivity index (χ4n) is 1.88. The number of likely N-dealkylation sites (N-methyl/N-ethyl adjacent to an activating group) is 1. The van der Waals surface area contributed by atoms with Gasteiger partial charge >= 0.3 is 5.97 Å². The van der Waals surface area contributed by atoms with Crippen LogP contribution in [0.25, 0.3) is 11.4 Å². The second-order valence-corrected chi connectivity index (χ2v) is 4.32. The molecule has 1 unspecified atom stereocenters. The van der Waals surface area contributed by atoms with Gasteiger partial charge in [-0.2, -0.15) is 0 Å². The Morgan fingerprint density at radius 1 is 1.43 bits per heavy atom. The van der Waals surface area contributed by atoms with Gasteiger partial charge in [0.25, 0.3) is 0 Å². The molecule has 0 spiro atoms. The Labute approximate surface area is 120 Å². The summed E-state index contributed by atoms with van der Waals surface area (Å²) < 4.78 is 1.27. The Hall–Kier alpha value is -2.77. The molecule has 2 aromatic heterocycles. The van der Waals surface area contributed by atoms with E-state index in [0.29, 0.717) is 12.2 Å². The van der Waals surface area contributed by atoms with Crippen LogP contribution in [-0.4, -0.2) is 43.5 Å². The number of nitrogens with zero attached hydrogens (tertiary/aromatic N) is 4. The van der Waals surface area contributed by atoms with E-state index in [4.69, 9.17) is 0 Å². The number of amides is 1. The van der Waals surface area contributed by atoms with Crippen molar-refractivity contribution in [1.82, 2.24) is 25.3 Å². The summed E-state index contributed by atoms with van der Waals surface area (Å²) in [4.78, 5) is 27.3. The Kier molecular flexibility index (Phi) is 4.27. The van der Waals surface area contributed by atoms with Gasteiger partial charge in [-0.3, -0.25) is 9.78 Å². The summed E-state index contributed by atoms with van der Waals surface area (Å²) in [6, 6.07) is 4.39. The molecule has 110 valence electrons. The second kappa shape index (κ2) is 6.12. The molecule has 0 aromatic carbocycles. The molecule has 2 heterocycles. The van der Waals surface area contributed by atoms with E-state index in [1.165, 1.54) is 10.9 Å². The zero-order valence-electron chi connectivity index (χ0n) is 11.6. The van der Waals surface area contributed by atoms with E-state index in [2.05, 4.69) is 20.6 Å². The predicted octanol–water partition coefficient (Wildman–Crippen LogP) is 0.735. The van der Waals surface area contributed by atoms with Crippen LogP contribution in [0.4, 0.5) is 0 Å². The molecule has 2 rings (SSSR count). The molecule has 0 aliphatic carbocycles. The van der Waals surface area contributed by atoms with Gasteiger partial charge in [0, 0.05) is 12.7 Å². The molecule has 8 nitrogen and oxygen atoms in total. The van der Waals surface area contributed by atoms with Crippen LogP contribution in [0.1, 0.15) is 30.4 Å². The normalized spacial score (nSPS) is 11.9. The highest BCUT2D eigenvalue weighted by Gasteiger charge is 2.26. The van der Waals surface area contributed by atoms with Gasteiger partial charge in [0.1, 0.15) is 11.7 Å². The third-order valence-electron chi connectivity index (χ3n) is 2.90. The molecule has 0 aliphatic rings. The molecule has 21 heavy (non-hydrogen) atoms. The van der Waals surface area contributed by atoms with Crippen molar-refractivity contribution in [1.29, 1.82) is 0 Å². The Bertz CT molecular complexity index is 653. The lowest BCUT2D eigenvalue weighted by atomic mass is 10.2. The van der Waals surface area contributed by atoms with Crippen LogP contribution in [0.3, 0.4) is 0 Å². The molecule has 0 aliphatic heterocycles. The van der Waals surface area contributed by atoms with E-state index in [1.807, 2.05) is 0 Å². The minimum atomic E-state index is -1.22. The Balaban J connectivity index is 2.53. The summed E-state index contributed by atoms with van der Waals surface area (Å²) in [5.41, 5.74) is 0.378. The molecule has 0 saturated carbocycles. The SMILES string of the molecule is CCNC(=O)C(C)n1nnc(C(=O)O)c1-c1ccccn1. The molecule has 0 fully saturated rings. The van der Waals surface area contributed by atoms with Crippen molar-refractivity contribution in [2.75, 3.05) is 6.54 Å². The highest BCUT2D eigenvalue weighted by molar-refractivity contribution is 5.92. The minimum Gasteiger partial charge on any atom is -0.476 e. The van der Waals surface area contributed by atoms with Gasteiger partial charge in [-0.25, -0.2) is 9.48 Å². The molecular weight excluding hydrogens is 274 g/mol. The number of carboxylic acid groups (broad SMARTS) is 1. The summed E-state index contributed by atoms with van der Waals surface area (Å²) in [6.07, 6.45) is 1.54. The topological polar surface area (TPSA) is 110 Å². The molecule has 1 amide bonds. The summed E-state index contributed by atoms with van der Waals surface area (Å²) in [7, 11) is 0. The van der Waals surface area contributed by atoms with Gasteiger partial charge in [0.2, 0.25) is 5.91 Å². The molecular formula is C13H15N5O3. The monoisotopic (exact) mass is 289 g/mol. The van der Waals surface area contributed by atoms with Crippen molar-refractivity contribution in [3.05, 3.63) is 30.1 Å². The molecule has 0 saturated heterocycles. The van der Waals surface area contributed by atoms with Crippen molar-refractivity contribution in [3.63, 3.8) is 0 Å². The molecule has 2 aromatic rings. The van der Waals surface area contributed by atoms with Gasteiger partial charge in [-0.1, -0.05) is 11.3 Å². The van der Waals surface area contributed by atoms with Crippen LogP contribution in [0.5, 0.6) is 0 Å². The lowest BCUT2D eigenvalue weighted by molar-refractivity contribution is -0.124. The van der Waals surface area contributed by atoms with Crippen LogP contribution in [0.15, 0.2) is 24.4 Å². The first kappa shape index (κ1) is 14.6. The first-order chi connectivity index (χ1) is 10.1. The van der Waals surface area contributed by atoms with Crippen LogP contribution in [0.2, 0.25) is 0 Å². The highest BCUT2D eigenvalue weighted by atomic mass is 16.4. The lowest BCUT2D eigenvalue weighted by Crippen LogP contribution is -2.31. The average molecular weight is 289 g/mol. The van der Waals surface area contributed by atoms with Crippen LogP contribution < -0.4 is 5.32 Å². The standard InChI is InChI=1S/C13H15N5O3/c1-3-14-12(19)8(2)18-11(9-6-4-5-7-15-9)10(13(20)21)16-17-18/h4-8H,3H2,1-2H3,(H,14,19)(H,20,21). The summed E-state index contributed by atoms with van der Waals surface area (Å²) in [5, 5.41) is 19.3. The number of hydrogen-bond acceptors (Lipinski definition) is 5. The largest absolute Gasteiger partial charge is 0.476 e. The number of hydrogen-bond donors (Lipinski definition) is 2. The van der Waals surface area contributed by atoms with Gasteiger partial charge < -0.3 is 10.4 Å². The van der Waals surface area contributed by atoms with E-state index in [0.717, 1.165) is 0 Å². The summed E-state index contributed by atoms with van der Waals surface area (Å²) in [6.45, 7) is 3.90. The number of rotatable bonds is 5. The number of carbonyl (C=O) groups excluding carboxylic acids is 1. The van der Waals surface area contributed by atoms with E-state index in [9.17, 15) is 14.7 Å². The molecule has 0 bridgehead atoms. The van der Waals surface area contributed by atoms with Gasteiger partial charge in [-0.05, 0) is 26.0 Å². The maximum absolute atomic E-state index is 11.9. The Morgan fingerprint density at radius 2 is 2.19 bits per heavy atom. The fraction of sp³-hybridized carbons (Fsp3) is 0.308. The maximum atomic E-state index is 11.9. The average Bonchev–Trinajstić information content (AvgIpc) is 2.92. The zero-order chi connectivity index (χ0) is 15.4. The summed E-state index contributed by atoms with van der Waals surface area (Å²) in [5.74, 6) is -1.48. The summed E-state index contributed by atoms with van der Waals surface area (Å²) >= 11 is 0. The first-order valence-corrected chi connectivity index (χ1v) is 6.43. The fourth-order valence-corrected chi connectivity index (χ4v) is 1.88. The first-order valence-electron chi connectivity index (χ1n) is 6.43. The number of pyridine rings is 1. The van der Waals surface area contributed by atoms with E-state index < -0.39 is 12.0 Å². The minimum absolute atomic E-state index is 0.210. The van der Waals surface area contributed by atoms with E-state index in [-0.39, 0.29) is 17.3 Å². The zero-order valence-corrected chi connectivity index (χ0v) is 11.6. The van der Waals surface area contributed by atoms with Gasteiger partial charge in [-0.15, -0.1) is 5.10 Å². The highest BCUT2D eigenvalue weighted by Crippen LogP contribution is 2.23. The number of carbonyl (C=O) groups is 2. The second-order valence-electron chi connectivity index (χ2n) is 4.32. The number of aromatic carboxylic acids is 1. The molecule has 1 atom stereocenters. The van der Waals surface area contributed by atoms with Crippen molar-refractivity contribution in [2.24, 2.45) is 0 Å². The van der Waals surface area contributed by atoms with Gasteiger partial charge in [0.15, 0.2) is 5.69 Å². The quantitative estimate of drug-likeness (QED) is 0.839. The van der Waals surface area contributed by atoms with Crippen molar-refractivity contribution in [3.8, 4) is 11.4 Å². The third kappa shape index (κ3) is 2.88. The smallest absolute Gasteiger partial charge is 0.358 e. The predicted molar refractivity (Wildman–Crippen MR) is 73.6 cm³/mol. The number of aromatic nitrogens is 4. The van der Waals surface area contributed by atoms with Crippen LogP contribution in [0, 0.1) is 0 Å². The molecule has 8 heteroatoms. The van der Waals surface area contributed by atoms with Crippen molar-refractivity contribution in [2.45, 2.75) is 19.9 Å².